The predicted octanol–water partition coefficient (Wildman–Crippen LogP) is 2.89. The normalized spacial score (nSPS) is 12.7. The molecule has 1 aromatic carbocycles. The van der Waals surface area contributed by atoms with Gasteiger partial charge in [-0.05, 0) is 37.1 Å². The minimum absolute atomic E-state index is 0.0465. The van der Waals surface area contributed by atoms with Crippen molar-refractivity contribution in [3.63, 3.8) is 0 Å². The summed E-state index contributed by atoms with van der Waals surface area (Å²) in [6.07, 6.45) is 1.59. The molecule has 4 nitrogen and oxygen atoms in total. The number of halogens is 2. The fraction of sp³-hybridized carbons (Fsp3) is 0.571. The summed E-state index contributed by atoms with van der Waals surface area (Å²) in [5.74, 6) is -3.42. The summed E-state index contributed by atoms with van der Waals surface area (Å²) in [6, 6.07) is 5.20. The molecule has 0 radical (unpaired) electrons. The average molecular weight is 321 g/mol. The Morgan fingerprint density at radius 1 is 1.19 bits per heavy atom. The summed E-state index contributed by atoms with van der Waals surface area (Å²) in [4.78, 5) is -0.401. The zero-order valence-electron chi connectivity index (χ0n) is 12.1. The van der Waals surface area contributed by atoms with E-state index in [9.17, 15) is 22.3 Å². The molecule has 0 spiro atoms. The third-order valence-electron chi connectivity index (χ3n) is 3.92. The monoisotopic (exact) mass is 321 g/mol. The Morgan fingerprint density at radius 2 is 1.71 bits per heavy atom. The third-order valence-corrected chi connectivity index (χ3v) is 5.32. The quantitative estimate of drug-likeness (QED) is 0.772. The van der Waals surface area contributed by atoms with E-state index in [1.165, 1.54) is 12.1 Å². The van der Waals surface area contributed by atoms with Crippen LogP contribution in [0, 0.1) is 5.41 Å². The fourth-order valence-electron chi connectivity index (χ4n) is 1.93. The van der Waals surface area contributed by atoms with Gasteiger partial charge in [0, 0.05) is 17.6 Å². The highest BCUT2D eigenvalue weighted by Crippen LogP contribution is 2.27. The minimum Gasteiger partial charge on any atom is -0.396 e. The number of sulfone groups is 1. The lowest BCUT2D eigenvalue weighted by Crippen LogP contribution is -2.32. The van der Waals surface area contributed by atoms with Crippen molar-refractivity contribution in [3.8, 4) is 0 Å². The largest absolute Gasteiger partial charge is 0.396 e. The fourth-order valence-corrected chi connectivity index (χ4v) is 2.66. The zero-order chi connectivity index (χ0) is 16.1. The molecule has 7 heteroatoms. The number of benzene rings is 1. The van der Waals surface area contributed by atoms with E-state index in [0.717, 1.165) is 25.0 Å². The molecule has 1 aromatic rings. The van der Waals surface area contributed by atoms with Crippen LogP contribution in [-0.2, 0) is 9.84 Å². The first-order valence-electron chi connectivity index (χ1n) is 6.78. The van der Waals surface area contributed by atoms with Gasteiger partial charge in [-0.25, -0.2) is 8.42 Å². The van der Waals surface area contributed by atoms with Crippen LogP contribution >= 0.6 is 0 Å². The maximum absolute atomic E-state index is 12.4. The summed E-state index contributed by atoms with van der Waals surface area (Å²) in [5, 5.41) is 12.6. The maximum atomic E-state index is 12.4. The summed E-state index contributed by atoms with van der Waals surface area (Å²) in [5.41, 5.74) is 0.385. The van der Waals surface area contributed by atoms with Gasteiger partial charge in [0.2, 0.25) is 9.84 Å². The number of anilines is 1. The molecule has 0 atom stereocenters. The van der Waals surface area contributed by atoms with Crippen molar-refractivity contribution >= 4 is 15.5 Å². The van der Waals surface area contributed by atoms with Crippen LogP contribution in [0.5, 0.6) is 0 Å². The average Bonchev–Trinajstić information content (AvgIpc) is 2.49. The molecular weight excluding hydrogens is 300 g/mol. The number of alkyl halides is 2. The maximum Gasteiger partial charge on any atom is 0.341 e. The summed E-state index contributed by atoms with van der Waals surface area (Å²) in [6.45, 7) is 4.54. The summed E-state index contributed by atoms with van der Waals surface area (Å²) < 4.78 is 47.4. The Hall–Kier alpha value is -1.21. The molecule has 0 amide bonds. The first kappa shape index (κ1) is 17.8. The molecular formula is C14H21F2NO3S. The molecule has 0 bridgehead atoms. The minimum atomic E-state index is -4.55. The van der Waals surface area contributed by atoms with Crippen molar-refractivity contribution in [1.29, 1.82) is 0 Å². The highest BCUT2D eigenvalue weighted by Gasteiger charge is 2.27. The van der Waals surface area contributed by atoms with Crippen LogP contribution in [0.4, 0.5) is 14.5 Å². The van der Waals surface area contributed by atoms with Crippen LogP contribution in [0.15, 0.2) is 29.2 Å². The van der Waals surface area contributed by atoms with E-state index in [-0.39, 0.29) is 12.0 Å². The van der Waals surface area contributed by atoms with Gasteiger partial charge in [-0.3, -0.25) is 0 Å². The van der Waals surface area contributed by atoms with Crippen LogP contribution in [0.25, 0.3) is 0 Å². The number of hydrogen-bond donors (Lipinski definition) is 2. The highest BCUT2D eigenvalue weighted by atomic mass is 32.2. The van der Waals surface area contributed by atoms with E-state index < -0.39 is 20.5 Å². The van der Waals surface area contributed by atoms with E-state index in [1.807, 2.05) is 13.8 Å². The van der Waals surface area contributed by atoms with E-state index in [2.05, 4.69) is 5.32 Å². The number of aliphatic hydroxyl groups is 1. The summed E-state index contributed by atoms with van der Waals surface area (Å²) >= 11 is 0. The van der Waals surface area contributed by atoms with E-state index in [0.29, 0.717) is 12.2 Å². The lowest BCUT2D eigenvalue weighted by Gasteiger charge is -2.30. The van der Waals surface area contributed by atoms with Crippen molar-refractivity contribution in [2.75, 3.05) is 18.5 Å². The zero-order valence-corrected chi connectivity index (χ0v) is 13.0. The molecule has 0 aliphatic carbocycles. The van der Waals surface area contributed by atoms with Gasteiger partial charge in [0.1, 0.15) is 0 Å². The SMILES string of the molecule is CCC(CC)(CO)CNc1ccc(S(=O)(=O)C(F)F)cc1. The molecule has 0 saturated carbocycles. The first-order valence-corrected chi connectivity index (χ1v) is 8.33. The van der Waals surface area contributed by atoms with Gasteiger partial charge in [-0.15, -0.1) is 0 Å². The smallest absolute Gasteiger partial charge is 0.341 e. The molecule has 2 N–H and O–H groups in total. The van der Waals surface area contributed by atoms with Crippen LogP contribution < -0.4 is 5.32 Å². The number of nitrogens with one attached hydrogen (secondary N) is 1. The topological polar surface area (TPSA) is 66.4 Å². The van der Waals surface area contributed by atoms with E-state index >= 15 is 0 Å². The van der Waals surface area contributed by atoms with Gasteiger partial charge in [0.25, 0.3) is 0 Å². The van der Waals surface area contributed by atoms with Gasteiger partial charge < -0.3 is 10.4 Å². The van der Waals surface area contributed by atoms with Gasteiger partial charge in [0.15, 0.2) is 0 Å². The lowest BCUT2D eigenvalue weighted by molar-refractivity contribution is 0.127. The van der Waals surface area contributed by atoms with Gasteiger partial charge >= 0.3 is 5.76 Å². The lowest BCUT2D eigenvalue weighted by atomic mass is 9.83. The second kappa shape index (κ2) is 7.17. The molecule has 1 rings (SSSR count). The Morgan fingerprint density at radius 3 is 2.10 bits per heavy atom. The Kier molecular flexibility index (Phi) is 6.10. The third kappa shape index (κ3) is 4.14. The second-order valence-corrected chi connectivity index (χ2v) is 6.97. The van der Waals surface area contributed by atoms with Crippen LogP contribution in [0.1, 0.15) is 26.7 Å². The van der Waals surface area contributed by atoms with Gasteiger partial charge in [-0.1, -0.05) is 13.8 Å². The Balaban J connectivity index is 2.81. The first-order chi connectivity index (χ1) is 9.81. The molecule has 0 saturated heterocycles. The van der Waals surface area contributed by atoms with Crippen LogP contribution in [0.2, 0.25) is 0 Å². The highest BCUT2D eigenvalue weighted by molar-refractivity contribution is 7.91. The van der Waals surface area contributed by atoms with E-state index in [4.69, 9.17) is 0 Å². The standard InChI is InChI=1S/C14H21F2NO3S/c1-3-14(4-2,10-18)9-17-11-5-7-12(8-6-11)21(19,20)13(15)16/h5-8,13,17-18H,3-4,9-10H2,1-2H3. The summed E-state index contributed by atoms with van der Waals surface area (Å²) in [7, 11) is -4.55. The number of hydrogen-bond acceptors (Lipinski definition) is 4. The van der Waals surface area contributed by atoms with Gasteiger partial charge in [-0.2, -0.15) is 8.78 Å². The molecule has 0 aliphatic heterocycles. The number of rotatable bonds is 8. The molecule has 120 valence electrons. The van der Waals surface area contributed by atoms with Crippen molar-refractivity contribution in [2.24, 2.45) is 5.41 Å². The molecule has 0 aromatic heterocycles. The molecule has 21 heavy (non-hydrogen) atoms. The van der Waals surface area contributed by atoms with Gasteiger partial charge in [0.05, 0.1) is 11.5 Å². The molecule has 0 heterocycles. The predicted molar refractivity (Wildman–Crippen MR) is 78.2 cm³/mol. The van der Waals surface area contributed by atoms with Crippen molar-refractivity contribution < 1.29 is 22.3 Å². The Labute approximate surface area is 124 Å². The van der Waals surface area contributed by atoms with E-state index in [1.54, 1.807) is 0 Å². The Bertz CT molecular complexity index is 532. The number of aliphatic hydroxyl groups excluding tert-OH is 1. The molecule has 0 fully saturated rings. The van der Waals surface area contributed by atoms with Crippen molar-refractivity contribution in [2.45, 2.75) is 37.3 Å². The molecule has 0 unspecified atom stereocenters. The van der Waals surface area contributed by atoms with Crippen molar-refractivity contribution in [3.05, 3.63) is 24.3 Å². The van der Waals surface area contributed by atoms with Crippen LogP contribution in [-0.4, -0.2) is 32.4 Å². The van der Waals surface area contributed by atoms with Crippen LogP contribution in [0.3, 0.4) is 0 Å². The van der Waals surface area contributed by atoms with Crippen molar-refractivity contribution in [1.82, 2.24) is 0 Å². The second-order valence-electron chi connectivity index (χ2n) is 5.05. The molecule has 0 aliphatic rings.